The number of ether oxygens (including phenoxy) is 1. The lowest BCUT2D eigenvalue weighted by Crippen LogP contribution is -2.59. The van der Waals surface area contributed by atoms with E-state index in [9.17, 15) is 20.0 Å². The third-order valence-corrected chi connectivity index (χ3v) is 11.3. The second-order valence-electron chi connectivity index (χ2n) is 13.8. The van der Waals surface area contributed by atoms with Crippen molar-refractivity contribution < 1.29 is 24.2 Å². The summed E-state index contributed by atoms with van der Waals surface area (Å²) in [5, 5.41) is 19.8. The van der Waals surface area contributed by atoms with Gasteiger partial charge in [-0.2, -0.15) is 5.26 Å². The van der Waals surface area contributed by atoms with Gasteiger partial charge >= 0.3 is 0 Å². The second-order valence-corrected chi connectivity index (χ2v) is 13.8. The zero-order valence-electron chi connectivity index (χ0n) is 23.3. The summed E-state index contributed by atoms with van der Waals surface area (Å²) in [6, 6.07) is 2.09. The number of aliphatic hydroxyl groups is 1. The summed E-state index contributed by atoms with van der Waals surface area (Å²) in [6.45, 7) is 11.7. The van der Waals surface area contributed by atoms with Gasteiger partial charge in [-0.3, -0.25) is 14.4 Å². The normalized spacial score (nSPS) is 43.7. The monoisotopic (exact) mass is 509 g/mol. The van der Waals surface area contributed by atoms with E-state index >= 15 is 0 Å². The van der Waals surface area contributed by atoms with Crippen LogP contribution < -0.4 is 0 Å². The first-order chi connectivity index (χ1) is 17.3. The maximum Gasteiger partial charge on any atom is 0.292 e. The van der Waals surface area contributed by atoms with E-state index in [1.54, 1.807) is 0 Å². The predicted molar refractivity (Wildman–Crippen MR) is 140 cm³/mol. The van der Waals surface area contributed by atoms with Crippen LogP contribution in [0.1, 0.15) is 79.6 Å². The average molecular weight is 510 g/mol. The minimum absolute atomic E-state index is 0.0572. The fourth-order valence-corrected chi connectivity index (χ4v) is 9.18. The molecule has 0 saturated heterocycles. The van der Waals surface area contributed by atoms with Crippen molar-refractivity contribution in [2.24, 2.45) is 51.2 Å². The van der Waals surface area contributed by atoms with Gasteiger partial charge in [-0.05, 0) is 85.0 Å². The van der Waals surface area contributed by atoms with Crippen LogP contribution in [0.2, 0.25) is 0 Å². The van der Waals surface area contributed by atoms with E-state index in [0.29, 0.717) is 18.3 Å². The van der Waals surface area contributed by atoms with Crippen molar-refractivity contribution in [3.63, 3.8) is 0 Å². The number of methoxy groups -OCH3 is 1. The van der Waals surface area contributed by atoms with Gasteiger partial charge in [-0.1, -0.05) is 46.3 Å². The highest BCUT2D eigenvalue weighted by molar-refractivity contribution is 6.02. The Kier molecular flexibility index (Phi) is 7.12. The summed E-state index contributed by atoms with van der Waals surface area (Å²) < 4.78 is 3.86. The molecule has 0 aliphatic heterocycles. The number of hydrogen-bond donors (Lipinski definition) is 1. The molecule has 8 unspecified atom stereocenters. The minimum atomic E-state index is -0.554. The number of nitriles is 1. The van der Waals surface area contributed by atoms with Crippen molar-refractivity contribution in [1.29, 1.82) is 5.26 Å². The number of rotatable bonds is 2. The Morgan fingerprint density at radius 2 is 1.70 bits per heavy atom. The van der Waals surface area contributed by atoms with Crippen LogP contribution in [0.15, 0.2) is 23.3 Å². The topological polar surface area (TPSA) is 104 Å². The van der Waals surface area contributed by atoms with Gasteiger partial charge in [-0.15, -0.1) is 0 Å². The number of hydrogen-bond acceptors (Lipinski definition) is 6. The molecule has 0 bridgehead atoms. The summed E-state index contributed by atoms with van der Waals surface area (Å²) in [7, 11) is 1.31. The molecule has 0 radical (unpaired) electrons. The molecule has 3 saturated carbocycles. The van der Waals surface area contributed by atoms with Crippen LogP contribution >= 0.6 is 0 Å². The van der Waals surface area contributed by atoms with Crippen molar-refractivity contribution in [2.45, 2.75) is 79.6 Å². The van der Waals surface area contributed by atoms with E-state index in [2.05, 4.69) is 45.4 Å². The Morgan fingerprint density at radius 1 is 1.05 bits per heavy atom. The molecule has 1 N–H and O–H groups in total. The molecule has 6 heteroatoms. The van der Waals surface area contributed by atoms with Crippen LogP contribution in [0.25, 0.3) is 0 Å². The first-order valence-corrected chi connectivity index (χ1v) is 13.8. The molecule has 0 amide bonds. The summed E-state index contributed by atoms with van der Waals surface area (Å²) in [5.74, 6) is 0.252. The van der Waals surface area contributed by atoms with Crippen LogP contribution in [0.3, 0.4) is 0 Å². The third kappa shape index (κ3) is 4.22. The third-order valence-electron chi connectivity index (χ3n) is 11.3. The van der Waals surface area contributed by atoms with Gasteiger partial charge in [0.05, 0.1) is 25.2 Å². The Labute approximate surface area is 221 Å². The maximum absolute atomic E-state index is 13.9. The quantitative estimate of drug-likeness (QED) is 0.513. The lowest BCUT2D eigenvalue weighted by Gasteiger charge is -2.64. The summed E-state index contributed by atoms with van der Waals surface area (Å²) in [5.41, 5.74) is 1.16. The molecule has 3 fully saturated rings. The van der Waals surface area contributed by atoms with Gasteiger partial charge in [0.1, 0.15) is 6.07 Å². The molecular weight excluding hydrogens is 466 g/mol. The Bertz CT molecular complexity index is 1080. The van der Waals surface area contributed by atoms with Gasteiger partial charge < -0.3 is 9.84 Å². The van der Waals surface area contributed by atoms with Crippen LogP contribution in [-0.4, -0.2) is 36.9 Å². The maximum atomic E-state index is 13.9. The number of fused-ring (bicyclic) bond motifs is 7. The van der Waals surface area contributed by atoms with E-state index < -0.39 is 11.3 Å². The fraction of sp³-hybridized carbons (Fsp3) is 0.742. The van der Waals surface area contributed by atoms with Crippen molar-refractivity contribution >= 4 is 18.0 Å². The highest BCUT2D eigenvalue weighted by Crippen LogP contribution is 2.69. The van der Waals surface area contributed by atoms with E-state index in [1.165, 1.54) is 26.4 Å². The largest absolute Gasteiger partial charge is 0.471 e. The summed E-state index contributed by atoms with van der Waals surface area (Å²) in [6.07, 6.45) is 11.4. The molecule has 0 spiro atoms. The molecule has 5 aliphatic carbocycles. The van der Waals surface area contributed by atoms with Crippen molar-refractivity contribution in [3.8, 4) is 6.07 Å². The van der Waals surface area contributed by atoms with E-state index in [-0.39, 0.29) is 51.8 Å². The lowest BCUT2D eigenvalue weighted by molar-refractivity contribution is -0.144. The van der Waals surface area contributed by atoms with E-state index in [0.717, 1.165) is 31.3 Å². The first-order valence-electron chi connectivity index (χ1n) is 13.8. The number of aliphatic hydroxyl groups excluding tert-OH is 1. The molecule has 37 heavy (non-hydrogen) atoms. The fourth-order valence-electron chi connectivity index (χ4n) is 9.18. The standard InChI is InChI=1S/C29H39NO3.C2H4O2/c1-26(2)10-11-27(3)8-6-20-24(21(27)14-26)22(32)12-23-28(20,4)9-7-19-18(16-31)25(33)17(15-30)13-29(19,23)5;1-4-2-3/h12-13,18-21,24,31H,6-11,14,16H2,1-5H3;2H,1H3. The highest BCUT2D eigenvalue weighted by Gasteiger charge is 2.63. The number of allylic oxidation sites excluding steroid dienone is 4. The van der Waals surface area contributed by atoms with E-state index in [1.807, 2.05) is 12.2 Å². The van der Waals surface area contributed by atoms with Crippen LogP contribution in [0, 0.1) is 62.6 Å². The molecule has 0 aromatic heterocycles. The first kappa shape index (κ1) is 27.8. The van der Waals surface area contributed by atoms with Crippen LogP contribution in [-0.2, 0) is 19.1 Å². The average Bonchev–Trinajstić information content (AvgIpc) is 2.85. The molecule has 6 nitrogen and oxygen atoms in total. The van der Waals surface area contributed by atoms with Gasteiger partial charge in [-0.25, -0.2) is 0 Å². The van der Waals surface area contributed by atoms with Gasteiger partial charge in [0.2, 0.25) is 0 Å². The minimum Gasteiger partial charge on any atom is -0.471 e. The number of ketones is 2. The Balaban J connectivity index is 0.000000747. The molecule has 8 atom stereocenters. The second kappa shape index (κ2) is 9.49. The van der Waals surface area contributed by atoms with Crippen molar-refractivity contribution in [1.82, 2.24) is 0 Å². The zero-order valence-corrected chi connectivity index (χ0v) is 23.3. The van der Waals surface area contributed by atoms with Crippen molar-refractivity contribution in [3.05, 3.63) is 23.3 Å². The smallest absolute Gasteiger partial charge is 0.292 e. The molecule has 202 valence electrons. The lowest BCUT2D eigenvalue weighted by atomic mass is 9.39. The summed E-state index contributed by atoms with van der Waals surface area (Å²) in [4.78, 5) is 35.7. The van der Waals surface area contributed by atoms with Gasteiger partial charge in [0, 0.05) is 11.3 Å². The molecule has 5 rings (SSSR count). The van der Waals surface area contributed by atoms with Gasteiger partial charge in [0.15, 0.2) is 11.6 Å². The van der Waals surface area contributed by atoms with Gasteiger partial charge in [0.25, 0.3) is 6.47 Å². The molecular formula is C31H43NO5. The Hall–Kier alpha value is -2.26. The van der Waals surface area contributed by atoms with Crippen LogP contribution in [0.4, 0.5) is 0 Å². The number of Topliss-reactive ketones (excluding diaryl/α,β-unsaturated/α-hetero) is 1. The number of nitrogens with zero attached hydrogens (tertiary/aromatic N) is 1. The molecule has 0 aromatic rings. The predicted octanol–water partition coefficient (Wildman–Crippen LogP) is 5.21. The highest BCUT2D eigenvalue weighted by atomic mass is 16.5. The molecule has 5 aliphatic rings. The van der Waals surface area contributed by atoms with Crippen molar-refractivity contribution in [2.75, 3.05) is 13.7 Å². The molecule has 0 aromatic carbocycles. The SMILES string of the molecule is CC1(C)CCC2(C)CCC3C(C(=O)C=C4C5(C)C=C(C#N)C(=O)C(CO)C5CCC43C)C2C1.COC=O. The number of carbonyl (C=O) groups excluding carboxylic acids is 3. The molecule has 0 heterocycles. The Morgan fingerprint density at radius 3 is 2.30 bits per heavy atom. The number of carbonyl (C=O) groups is 3. The summed E-state index contributed by atoms with van der Waals surface area (Å²) >= 11 is 0. The van der Waals surface area contributed by atoms with Crippen LogP contribution in [0.5, 0.6) is 0 Å². The van der Waals surface area contributed by atoms with E-state index in [4.69, 9.17) is 4.79 Å². The zero-order chi connectivity index (χ0) is 27.4.